The molecule has 0 radical (unpaired) electrons. The SMILES string of the molecule is Cc1ccc(-c2ccc3c4ccccc4n(-c4ccc(-c5cc(-c6ccccc6)nc(-c6ccccc6)n5)cc4-c4nc(-c5ccccc5)cc(-c5ccccc5)n4)c3c2)cc1. The van der Waals surface area contributed by atoms with E-state index >= 15 is 0 Å². The summed E-state index contributed by atoms with van der Waals surface area (Å²) in [6.45, 7) is 2.13. The zero-order valence-electron chi connectivity index (χ0n) is 34.0. The number of aromatic nitrogens is 5. The van der Waals surface area contributed by atoms with Crippen molar-refractivity contribution in [3.8, 4) is 84.6 Å². The molecule has 0 atom stereocenters. The predicted molar refractivity (Wildman–Crippen MR) is 255 cm³/mol. The minimum Gasteiger partial charge on any atom is -0.308 e. The van der Waals surface area contributed by atoms with Gasteiger partial charge in [0, 0.05) is 44.2 Å². The summed E-state index contributed by atoms with van der Waals surface area (Å²) in [5, 5.41) is 2.35. The van der Waals surface area contributed by atoms with Gasteiger partial charge in [0.2, 0.25) is 0 Å². The van der Waals surface area contributed by atoms with Crippen molar-refractivity contribution in [1.29, 1.82) is 0 Å². The largest absolute Gasteiger partial charge is 0.308 e. The second-order valence-corrected chi connectivity index (χ2v) is 15.6. The number of nitrogens with zero attached hydrogens (tertiary/aromatic N) is 5. The van der Waals surface area contributed by atoms with Crippen LogP contribution in [0, 0.1) is 6.92 Å². The molecule has 0 fully saturated rings. The molecule has 3 aromatic heterocycles. The summed E-state index contributed by atoms with van der Waals surface area (Å²) >= 11 is 0. The minimum absolute atomic E-state index is 0.614. The van der Waals surface area contributed by atoms with Gasteiger partial charge in [-0.2, -0.15) is 0 Å². The fourth-order valence-corrected chi connectivity index (χ4v) is 8.37. The number of para-hydroxylation sites is 1. The topological polar surface area (TPSA) is 56.5 Å². The lowest BCUT2D eigenvalue weighted by atomic mass is 10.0. The van der Waals surface area contributed by atoms with Gasteiger partial charge in [-0.3, -0.25) is 0 Å². The highest BCUT2D eigenvalue weighted by molar-refractivity contribution is 6.10. The van der Waals surface area contributed by atoms with E-state index in [9.17, 15) is 0 Å². The molecule has 0 spiro atoms. The lowest BCUT2D eigenvalue weighted by Gasteiger charge is -2.17. The van der Waals surface area contributed by atoms with Crippen molar-refractivity contribution in [3.05, 3.63) is 224 Å². The second-order valence-electron chi connectivity index (χ2n) is 15.6. The van der Waals surface area contributed by atoms with E-state index in [1.165, 1.54) is 21.9 Å². The van der Waals surface area contributed by atoms with Gasteiger partial charge in [-0.05, 0) is 54.4 Å². The van der Waals surface area contributed by atoms with Crippen molar-refractivity contribution in [2.45, 2.75) is 6.92 Å². The molecular weight excluding hydrogens is 755 g/mol. The third-order valence-corrected chi connectivity index (χ3v) is 11.5. The van der Waals surface area contributed by atoms with Gasteiger partial charge in [-0.1, -0.05) is 188 Å². The van der Waals surface area contributed by atoms with Crippen LogP contribution in [0.5, 0.6) is 0 Å². The van der Waals surface area contributed by atoms with Crippen LogP contribution in [0.3, 0.4) is 0 Å². The molecule has 292 valence electrons. The van der Waals surface area contributed by atoms with E-state index in [0.717, 1.165) is 78.4 Å². The molecule has 0 aliphatic rings. The summed E-state index contributed by atoms with van der Waals surface area (Å²) < 4.78 is 2.38. The van der Waals surface area contributed by atoms with Crippen LogP contribution in [0.15, 0.2) is 218 Å². The molecule has 11 aromatic rings. The first-order valence-corrected chi connectivity index (χ1v) is 20.9. The molecule has 62 heavy (non-hydrogen) atoms. The van der Waals surface area contributed by atoms with Crippen LogP contribution in [-0.4, -0.2) is 24.5 Å². The predicted octanol–water partition coefficient (Wildman–Crippen LogP) is 14.3. The first kappa shape index (κ1) is 36.8. The zero-order valence-corrected chi connectivity index (χ0v) is 34.0. The van der Waals surface area contributed by atoms with Crippen LogP contribution in [0.25, 0.3) is 106 Å². The molecule has 11 rings (SSSR count). The number of rotatable bonds is 8. The van der Waals surface area contributed by atoms with Gasteiger partial charge in [-0.15, -0.1) is 0 Å². The summed E-state index contributed by atoms with van der Waals surface area (Å²) in [5.41, 5.74) is 15.8. The Morgan fingerprint density at radius 3 is 1.34 bits per heavy atom. The maximum atomic E-state index is 5.41. The van der Waals surface area contributed by atoms with E-state index in [4.69, 9.17) is 19.9 Å². The van der Waals surface area contributed by atoms with Crippen LogP contribution in [-0.2, 0) is 0 Å². The van der Waals surface area contributed by atoms with Gasteiger partial charge in [0.05, 0.1) is 39.5 Å². The Morgan fingerprint density at radius 1 is 0.306 bits per heavy atom. The number of hydrogen-bond donors (Lipinski definition) is 0. The Balaban J connectivity index is 1.21. The van der Waals surface area contributed by atoms with Crippen LogP contribution in [0.1, 0.15) is 5.56 Å². The molecule has 0 saturated carbocycles. The number of aryl methyl sites for hydroxylation is 1. The lowest BCUT2D eigenvalue weighted by molar-refractivity contribution is 1.13. The van der Waals surface area contributed by atoms with Gasteiger partial charge < -0.3 is 4.57 Å². The Bertz CT molecular complexity index is 3260. The standard InChI is InChI=1S/C57H39N5/c1-38-26-28-39(29-27-38)44-30-32-47-46-24-14-15-25-53(46)62(55(47)35-44)54-33-31-45(52-37-49(40-16-6-2-7-17-40)58-56(59-52)43-22-12-5-13-23-43)34-48(54)57-60-50(41-18-8-3-9-19-41)36-51(61-57)42-20-10-4-11-21-42/h2-37H,1H3. The molecule has 0 amide bonds. The van der Waals surface area contributed by atoms with Gasteiger partial charge >= 0.3 is 0 Å². The van der Waals surface area contributed by atoms with Crippen LogP contribution in [0.2, 0.25) is 0 Å². The van der Waals surface area contributed by atoms with E-state index < -0.39 is 0 Å². The Morgan fingerprint density at radius 2 is 0.758 bits per heavy atom. The summed E-state index contributed by atoms with van der Waals surface area (Å²) in [5.74, 6) is 1.27. The van der Waals surface area contributed by atoms with Gasteiger partial charge in [0.15, 0.2) is 11.6 Å². The Labute approximate surface area is 360 Å². The molecule has 5 nitrogen and oxygen atoms in total. The fourth-order valence-electron chi connectivity index (χ4n) is 8.37. The molecule has 3 heterocycles. The van der Waals surface area contributed by atoms with Gasteiger partial charge in [0.25, 0.3) is 0 Å². The molecular formula is C57H39N5. The molecule has 0 aliphatic heterocycles. The van der Waals surface area contributed by atoms with E-state index in [1.807, 2.05) is 48.5 Å². The zero-order chi connectivity index (χ0) is 41.4. The van der Waals surface area contributed by atoms with Crippen LogP contribution in [0.4, 0.5) is 0 Å². The molecule has 0 saturated heterocycles. The molecule has 0 N–H and O–H groups in total. The highest BCUT2D eigenvalue weighted by Gasteiger charge is 2.21. The monoisotopic (exact) mass is 793 g/mol. The quantitative estimate of drug-likeness (QED) is 0.154. The Hall–Kier alpha value is -8.28. The maximum Gasteiger partial charge on any atom is 0.162 e. The van der Waals surface area contributed by atoms with Gasteiger partial charge in [0.1, 0.15) is 0 Å². The lowest BCUT2D eigenvalue weighted by Crippen LogP contribution is -2.03. The van der Waals surface area contributed by atoms with Crippen molar-refractivity contribution in [2.24, 2.45) is 0 Å². The van der Waals surface area contributed by atoms with Crippen molar-refractivity contribution >= 4 is 21.8 Å². The first-order valence-electron chi connectivity index (χ1n) is 20.9. The van der Waals surface area contributed by atoms with E-state index in [2.05, 4.69) is 181 Å². The number of fused-ring (bicyclic) bond motifs is 3. The normalized spacial score (nSPS) is 11.3. The smallest absolute Gasteiger partial charge is 0.162 e. The van der Waals surface area contributed by atoms with Crippen LogP contribution < -0.4 is 0 Å². The highest BCUT2D eigenvalue weighted by Crippen LogP contribution is 2.40. The Kier molecular flexibility index (Phi) is 9.32. The van der Waals surface area contributed by atoms with E-state index in [0.29, 0.717) is 11.6 Å². The molecule has 8 aromatic carbocycles. The van der Waals surface area contributed by atoms with Crippen LogP contribution >= 0.6 is 0 Å². The number of benzene rings is 8. The first-order chi connectivity index (χ1) is 30.6. The molecule has 5 heteroatoms. The number of hydrogen-bond acceptors (Lipinski definition) is 4. The average molecular weight is 794 g/mol. The second kappa shape index (κ2) is 15.7. The third-order valence-electron chi connectivity index (χ3n) is 11.5. The van der Waals surface area contributed by atoms with Crippen molar-refractivity contribution in [2.75, 3.05) is 0 Å². The summed E-state index contributed by atoms with van der Waals surface area (Å²) in [7, 11) is 0. The van der Waals surface area contributed by atoms with Crippen molar-refractivity contribution in [1.82, 2.24) is 24.5 Å². The molecule has 0 bridgehead atoms. The summed E-state index contributed by atoms with van der Waals surface area (Å²) in [4.78, 5) is 21.2. The molecule has 0 aliphatic carbocycles. The third kappa shape index (κ3) is 6.91. The maximum absolute atomic E-state index is 5.41. The van der Waals surface area contributed by atoms with E-state index in [-0.39, 0.29) is 0 Å². The summed E-state index contributed by atoms with van der Waals surface area (Å²) in [6.07, 6.45) is 0. The fraction of sp³-hybridized carbons (Fsp3) is 0.0175. The summed E-state index contributed by atoms with van der Waals surface area (Å²) in [6, 6.07) is 76.2. The minimum atomic E-state index is 0.614. The van der Waals surface area contributed by atoms with Gasteiger partial charge in [-0.25, -0.2) is 19.9 Å². The molecule has 0 unspecified atom stereocenters. The van der Waals surface area contributed by atoms with Crippen molar-refractivity contribution in [3.63, 3.8) is 0 Å². The average Bonchev–Trinajstić information content (AvgIpc) is 3.68. The highest BCUT2D eigenvalue weighted by atomic mass is 15.0. The van der Waals surface area contributed by atoms with E-state index in [1.54, 1.807) is 0 Å². The van der Waals surface area contributed by atoms with Crippen molar-refractivity contribution < 1.29 is 0 Å².